The van der Waals surface area contributed by atoms with Gasteiger partial charge < -0.3 is 15.0 Å². The molecule has 1 aliphatic heterocycles. The first kappa shape index (κ1) is 20.1. The fourth-order valence-electron chi connectivity index (χ4n) is 2.58. The maximum atomic E-state index is 11.9. The van der Waals surface area contributed by atoms with Crippen molar-refractivity contribution >= 4 is 46.6 Å². The number of ether oxygens (including phenoxy) is 1. The van der Waals surface area contributed by atoms with Crippen molar-refractivity contribution in [1.82, 2.24) is 10.2 Å². The minimum Gasteiger partial charge on any atom is -0.482 e. The molecule has 138 valence electrons. The zero-order valence-electron chi connectivity index (χ0n) is 13.8. The van der Waals surface area contributed by atoms with Crippen LogP contribution in [-0.2, 0) is 9.59 Å². The molecule has 1 aromatic carbocycles. The molecule has 2 amide bonds. The lowest BCUT2D eigenvalue weighted by Gasteiger charge is -2.20. The fraction of sp³-hybridized carbons (Fsp3) is 0.529. The van der Waals surface area contributed by atoms with E-state index in [1.807, 2.05) is 4.90 Å². The molecule has 1 saturated heterocycles. The molecule has 0 bridgehead atoms. The highest BCUT2D eigenvalue weighted by Crippen LogP contribution is 2.33. The van der Waals surface area contributed by atoms with E-state index in [2.05, 4.69) is 5.32 Å². The van der Waals surface area contributed by atoms with E-state index in [1.54, 1.807) is 0 Å². The third-order valence-corrected chi connectivity index (χ3v) is 4.95. The molecule has 1 N–H and O–H groups in total. The van der Waals surface area contributed by atoms with Crippen molar-refractivity contribution < 1.29 is 14.3 Å². The first-order valence-electron chi connectivity index (χ1n) is 8.29. The minimum atomic E-state index is -0.260. The molecule has 1 aliphatic rings. The highest BCUT2D eigenvalue weighted by atomic mass is 35.5. The Morgan fingerprint density at radius 3 is 2.68 bits per heavy atom. The number of hydrogen-bond acceptors (Lipinski definition) is 3. The number of rotatable bonds is 7. The number of benzene rings is 1. The van der Waals surface area contributed by atoms with Gasteiger partial charge in [-0.3, -0.25) is 9.59 Å². The van der Waals surface area contributed by atoms with Gasteiger partial charge in [0.15, 0.2) is 6.61 Å². The summed E-state index contributed by atoms with van der Waals surface area (Å²) < 4.78 is 5.36. The van der Waals surface area contributed by atoms with Crippen molar-refractivity contribution in [3.63, 3.8) is 0 Å². The Morgan fingerprint density at radius 2 is 1.88 bits per heavy atom. The Bertz CT molecular complexity index is 625. The van der Waals surface area contributed by atoms with Gasteiger partial charge in [0, 0.05) is 32.1 Å². The van der Waals surface area contributed by atoms with Crippen LogP contribution in [0.4, 0.5) is 0 Å². The van der Waals surface area contributed by atoms with Crippen LogP contribution in [0.5, 0.6) is 5.75 Å². The van der Waals surface area contributed by atoms with E-state index in [0.717, 1.165) is 25.8 Å². The summed E-state index contributed by atoms with van der Waals surface area (Å²) >= 11 is 17.7. The summed E-state index contributed by atoms with van der Waals surface area (Å²) in [4.78, 5) is 25.6. The van der Waals surface area contributed by atoms with E-state index in [1.165, 1.54) is 12.1 Å². The van der Waals surface area contributed by atoms with Gasteiger partial charge in [-0.25, -0.2) is 0 Å². The number of carbonyl (C=O) groups is 2. The van der Waals surface area contributed by atoms with Gasteiger partial charge in [-0.05, 0) is 25.3 Å². The van der Waals surface area contributed by atoms with E-state index < -0.39 is 0 Å². The second kappa shape index (κ2) is 10.1. The molecule has 25 heavy (non-hydrogen) atoms. The maximum Gasteiger partial charge on any atom is 0.257 e. The SMILES string of the molecule is O=C(COc1cc(Cl)c(Cl)cc1Cl)NCCCN1CCCCCC1=O. The van der Waals surface area contributed by atoms with Gasteiger partial charge in [0.1, 0.15) is 5.75 Å². The van der Waals surface area contributed by atoms with E-state index in [9.17, 15) is 9.59 Å². The number of nitrogens with zero attached hydrogens (tertiary/aromatic N) is 1. The molecule has 0 aromatic heterocycles. The summed E-state index contributed by atoms with van der Waals surface area (Å²) in [6, 6.07) is 2.95. The van der Waals surface area contributed by atoms with Crippen molar-refractivity contribution in [2.45, 2.75) is 32.1 Å². The van der Waals surface area contributed by atoms with Gasteiger partial charge in [0.25, 0.3) is 5.91 Å². The van der Waals surface area contributed by atoms with Crippen LogP contribution in [0.25, 0.3) is 0 Å². The third-order valence-electron chi connectivity index (χ3n) is 3.93. The summed E-state index contributed by atoms with van der Waals surface area (Å²) in [5, 5.41) is 3.69. The zero-order valence-corrected chi connectivity index (χ0v) is 16.1. The number of amides is 2. The van der Waals surface area contributed by atoms with Crippen LogP contribution in [0, 0.1) is 0 Å². The highest BCUT2D eigenvalue weighted by molar-refractivity contribution is 6.43. The van der Waals surface area contributed by atoms with Crippen LogP contribution >= 0.6 is 34.8 Å². The van der Waals surface area contributed by atoms with Crippen LogP contribution in [0.15, 0.2) is 12.1 Å². The van der Waals surface area contributed by atoms with E-state index >= 15 is 0 Å². The van der Waals surface area contributed by atoms with Gasteiger partial charge in [-0.15, -0.1) is 0 Å². The predicted molar refractivity (Wildman–Crippen MR) is 99.6 cm³/mol. The molecule has 1 fully saturated rings. The summed E-state index contributed by atoms with van der Waals surface area (Å²) in [6.45, 7) is 1.80. The fourth-order valence-corrected chi connectivity index (χ4v) is 3.17. The standard InChI is InChI=1S/C17H21Cl3N2O3/c18-12-9-14(20)15(10-13(12)19)25-11-16(23)21-6-4-8-22-7-3-1-2-5-17(22)24/h9-10H,1-8,11H2,(H,21,23). The number of halogens is 3. The molecule has 0 radical (unpaired) electrons. The smallest absolute Gasteiger partial charge is 0.257 e. The van der Waals surface area contributed by atoms with Crippen LogP contribution in [0.3, 0.4) is 0 Å². The van der Waals surface area contributed by atoms with Gasteiger partial charge in [-0.1, -0.05) is 41.2 Å². The molecule has 0 aliphatic carbocycles. The highest BCUT2D eigenvalue weighted by Gasteiger charge is 2.16. The van der Waals surface area contributed by atoms with Gasteiger partial charge in [0.2, 0.25) is 5.91 Å². The number of hydrogen-bond donors (Lipinski definition) is 1. The molecule has 1 heterocycles. The summed E-state index contributed by atoms with van der Waals surface area (Å²) in [7, 11) is 0. The molecule has 0 saturated carbocycles. The zero-order chi connectivity index (χ0) is 18.2. The maximum absolute atomic E-state index is 11.9. The van der Waals surface area contributed by atoms with Crippen molar-refractivity contribution in [3.05, 3.63) is 27.2 Å². The first-order chi connectivity index (χ1) is 12.0. The molecule has 1 aromatic rings. The lowest BCUT2D eigenvalue weighted by atomic mass is 10.2. The van der Waals surface area contributed by atoms with Crippen molar-refractivity contribution in [1.29, 1.82) is 0 Å². The van der Waals surface area contributed by atoms with Crippen LogP contribution < -0.4 is 10.1 Å². The monoisotopic (exact) mass is 406 g/mol. The first-order valence-corrected chi connectivity index (χ1v) is 9.42. The number of nitrogens with one attached hydrogen (secondary N) is 1. The number of likely N-dealkylation sites (tertiary alicyclic amines) is 1. The Kier molecular flexibility index (Phi) is 8.13. The Balaban J connectivity index is 1.67. The largest absolute Gasteiger partial charge is 0.482 e. The van der Waals surface area contributed by atoms with Gasteiger partial charge in [0.05, 0.1) is 15.1 Å². The van der Waals surface area contributed by atoms with Crippen molar-refractivity contribution in [2.24, 2.45) is 0 Å². The second-order valence-corrected chi connectivity index (χ2v) is 7.10. The molecular weight excluding hydrogens is 387 g/mol. The van der Waals surface area contributed by atoms with Gasteiger partial charge >= 0.3 is 0 Å². The summed E-state index contributed by atoms with van der Waals surface area (Å²) in [6.07, 6.45) is 4.47. The lowest BCUT2D eigenvalue weighted by molar-refractivity contribution is -0.130. The summed E-state index contributed by atoms with van der Waals surface area (Å²) in [5.41, 5.74) is 0. The molecular formula is C17H21Cl3N2O3. The second-order valence-electron chi connectivity index (χ2n) is 5.88. The van der Waals surface area contributed by atoms with Crippen LogP contribution in [0.2, 0.25) is 15.1 Å². The van der Waals surface area contributed by atoms with Crippen molar-refractivity contribution in [2.75, 3.05) is 26.2 Å². The van der Waals surface area contributed by atoms with Crippen molar-refractivity contribution in [3.8, 4) is 5.75 Å². The summed E-state index contributed by atoms with van der Waals surface area (Å²) in [5.74, 6) is 0.257. The van der Waals surface area contributed by atoms with Crippen LogP contribution in [0.1, 0.15) is 32.1 Å². The molecule has 8 heteroatoms. The van der Waals surface area contributed by atoms with E-state index in [-0.39, 0.29) is 18.4 Å². The van der Waals surface area contributed by atoms with E-state index in [0.29, 0.717) is 46.7 Å². The molecule has 2 rings (SSSR count). The minimum absolute atomic E-state index is 0.166. The molecule has 5 nitrogen and oxygen atoms in total. The Labute approximate surface area is 162 Å². The predicted octanol–water partition coefficient (Wildman–Crippen LogP) is 3.93. The topological polar surface area (TPSA) is 58.6 Å². The molecule has 0 atom stereocenters. The third kappa shape index (κ3) is 6.57. The normalized spacial score (nSPS) is 15.0. The number of carbonyl (C=O) groups excluding carboxylic acids is 2. The average Bonchev–Trinajstić information content (AvgIpc) is 2.78. The quantitative estimate of drug-likeness (QED) is 0.550. The molecule has 0 spiro atoms. The average molecular weight is 408 g/mol. The lowest BCUT2D eigenvalue weighted by Crippen LogP contribution is -2.35. The Morgan fingerprint density at radius 1 is 1.12 bits per heavy atom. The van der Waals surface area contributed by atoms with E-state index in [4.69, 9.17) is 39.5 Å². The Hall–Kier alpha value is -1.17. The van der Waals surface area contributed by atoms with Gasteiger partial charge in [-0.2, -0.15) is 0 Å². The van der Waals surface area contributed by atoms with Crippen LogP contribution in [-0.4, -0.2) is 43.0 Å². The molecule has 0 unspecified atom stereocenters.